The first-order valence-corrected chi connectivity index (χ1v) is 7.15. The summed E-state index contributed by atoms with van der Waals surface area (Å²) in [5, 5.41) is 4.84. The van der Waals surface area contributed by atoms with Crippen molar-refractivity contribution in [2.75, 3.05) is 17.7 Å². The zero-order valence-corrected chi connectivity index (χ0v) is 13.3. The molecule has 0 heterocycles. The molecule has 2 aromatic rings. The molecule has 0 saturated heterocycles. The Balaban J connectivity index is 2.02. The van der Waals surface area contributed by atoms with E-state index in [0.717, 1.165) is 12.1 Å². The van der Waals surface area contributed by atoms with E-state index in [1.807, 2.05) is 5.32 Å². The third kappa shape index (κ3) is 4.42. The number of methoxy groups -OCH3 is 1. The lowest BCUT2D eigenvalue weighted by Crippen LogP contribution is -2.22. The molecule has 0 radical (unpaired) electrons. The van der Waals surface area contributed by atoms with Gasteiger partial charge >= 0.3 is 0 Å². The Morgan fingerprint density at radius 2 is 1.71 bits per heavy atom. The molecule has 2 amide bonds. The fraction of sp³-hybridized carbons (Fsp3) is 0.125. The highest BCUT2D eigenvalue weighted by Crippen LogP contribution is 2.27. The molecular formula is C16H13ClF2N2O3. The first-order chi connectivity index (χ1) is 11.4. The summed E-state index contributed by atoms with van der Waals surface area (Å²) in [5.41, 5.74) is -0.324. The van der Waals surface area contributed by atoms with Gasteiger partial charge in [-0.15, -0.1) is 0 Å². The van der Waals surface area contributed by atoms with Crippen LogP contribution in [0, 0.1) is 11.6 Å². The maximum atomic E-state index is 13.5. The van der Waals surface area contributed by atoms with Gasteiger partial charge in [0.25, 0.3) is 0 Å². The summed E-state index contributed by atoms with van der Waals surface area (Å²) >= 11 is 5.84. The molecule has 2 aromatic carbocycles. The van der Waals surface area contributed by atoms with Crippen molar-refractivity contribution in [2.24, 2.45) is 0 Å². The number of benzene rings is 2. The summed E-state index contributed by atoms with van der Waals surface area (Å²) < 4.78 is 32.0. The maximum Gasteiger partial charge on any atom is 0.233 e. The molecule has 0 fully saturated rings. The van der Waals surface area contributed by atoms with Crippen molar-refractivity contribution in [3.63, 3.8) is 0 Å². The smallest absolute Gasteiger partial charge is 0.233 e. The first kappa shape index (κ1) is 17.7. The number of amides is 2. The second kappa shape index (κ2) is 7.74. The summed E-state index contributed by atoms with van der Waals surface area (Å²) in [6.07, 6.45) is -0.635. The SMILES string of the molecule is COc1ccc(Cl)cc1NC(=O)CC(=O)Nc1c(F)cccc1F. The van der Waals surface area contributed by atoms with Crippen molar-refractivity contribution < 1.29 is 23.1 Å². The van der Waals surface area contributed by atoms with Crippen molar-refractivity contribution in [1.82, 2.24) is 0 Å². The minimum absolute atomic E-state index is 0.278. The standard InChI is InChI=1S/C16H13ClF2N2O3/c1-24-13-6-5-9(17)7-12(13)20-14(22)8-15(23)21-16-10(18)3-2-4-11(16)19/h2-7H,8H2,1H3,(H,20,22)(H,21,23). The third-order valence-corrected chi connectivity index (χ3v) is 3.22. The fourth-order valence-corrected chi connectivity index (χ4v) is 2.09. The number of hydrogen-bond donors (Lipinski definition) is 2. The second-order valence-electron chi connectivity index (χ2n) is 4.71. The highest BCUT2D eigenvalue weighted by atomic mass is 35.5. The summed E-state index contributed by atoms with van der Waals surface area (Å²) in [6, 6.07) is 7.73. The first-order valence-electron chi connectivity index (χ1n) is 6.78. The van der Waals surface area contributed by atoms with Crippen LogP contribution in [0.5, 0.6) is 5.75 Å². The van der Waals surface area contributed by atoms with E-state index in [2.05, 4.69) is 5.32 Å². The molecule has 0 aliphatic heterocycles. The molecular weight excluding hydrogens is 342 g/mol. The van der Waals surface area contributed by atoms with Crippen molar-refractivity contribution in [3.8, 4) is 5.75 Å². The normalized spacial score (nSPS) is 10.2. The Morgan fingerprint density at radius 1 is 1.08 bits per heavy atom. The van der Waals surface area contributed by atoms with Gasteiger partial charge in [-0.1, -0.05) is 17.7 Å². The number of ether oxygens (including phenoxy) is 1. The number of halogens is 3. The minimum atomic E-state index is -0.930. The average molecular weight is 355 g/mol. The third-order valence-electron chi connectivity index (χ3n) is 2.98. The van der Waals surface area contributed by atoms with Gasteiger partial charge in [-0.25, -0.2) is 8.78 Å². The largest absolute Gasteiger partial charge is 0.495 e. The van der Waals surface area contributed by atoms with Gasteiger partial charge in [0, 0.05) is 5.02 Å². The van der Waals surface area contributed by atoms with E-state index >= 15 is 0 Å². The molecule has 5 nitrogen and oxygen atoms in total. The van der Waals surface area contributed by atoms with Gasteiger partial charge in [-0.05, 0) is 30.3 Å². The van der Waals surface area contributed by atoms with E-state index in [1.54, 1.807) is 12.1 Å². The Morgan fingerprint density at radius 3 is 2.33 bits per heavy atom. The Bertz CT molecular complexity index is 764. The number of nitrogens with one attached hydrogen (secondary N) is 2. The molecule has 2 rings (SSSR count). The van der Waals surface area contributed by atoms with Gasteiger partial charge in [-0.2, -0.15) is 0 Å². The van der Waals surface area contributed by atoms with Gasteiger partial charge in [0.15, 0.2) is 0 Å². The maximum absolute atomic E-state index is 13.5. The molecule has 0 aliphatic rings. The summed E-state index contributed by atoms with van der Waals surface area (Å²) in [7, 11) is 1.41. The molecule has 8 heteroatoms. The van der Waals surface area contributed by atoms with E-state index in [0.29, 0.717) is 10.8 Å². The zero-order valence-electron chi connectivity index (χ0n) is 12.5. The summed E-state index contributed by atoms with van der Waals surface area (Å²) in [5.74, 6) is -3.06. The van der Waals surface area contributed by atoms with Crippen LogP contribution in [-0.2, 0) is 9.59 Å². The molecule has 0 aromatic heterocycles. The Labute approximate surface area is 141 Å². The lowest BCUT2D eigenvalue weighted by atomic mass is 10.2. The summed E-state index contributed by atoms with van der Waals surface area (Å²) in [6.45, 7) is 0. The molecule has 0 bridgehead atoms. The Kier molecular flexibility index (Phi) is 5.70. The number of hydrogen-bond acceptors (Lipinski definition) is 3. The number of carbonyl (C=O) groups excluding carboxylic acids is 2. The van der Waals surface area contributed by atoms with Crippen LogP contribution in [0.3, 0.4) is 0 Å². The van der Waals surface area contributed by atoms with Crippen LogP contribution >= 0.6 is 11.6 Å². The van der Waals surface area contributed by atoms with Crippen LogP contribution in [0.1, 0.15) is 6.42 Å². The average Bonchev–Trinajstić information content (AvgIpc) is 2.51. The van der Waals surface area contributed by atoms with Crippen LogP contribution in [-0.4, -0.2) is 18.9 Å². The number of rotatable bonds is 5. The molecule has 0 unspecified atom stereocenters. The lowest BCUT2D eigenvalue weighted by Gasteiger charge is -2.11. The van der Waals surface area contributed by atoms with Crippen molar-refractivity contribution >= 4 is 34.8 Å². The molecule has 2 N–H and O–H groups in total. The van der Waals surface area contributed by atoms with E-state index in [4.69, 9.17) is 16.3 Å². The number of para-hydroxylation sites is 1. The van der Waals surface area contributed by atoms with Gasteiger partial charge in [-0.3, -0.25) is 9.59 Å². The minimum Gasteiger partial charge on any atom is -0.495 e. The molecule has 0 aliphatic carbocycles. The predicted octanol–water partition coefficient (Wildman–Crippen LogP) is 3.59. The molecule has 126 valence electrons. The second-order valence-corrected chi connectivity index (χ2v) is 5.15. The zero-order chi connectivity index (χ0) is 17.7. The van der Waals surface area contributed by atoms with Crippen LogP contribution in [0.2, 0.25) is 5.02 Å². The lowest BCUT2D eigenvalue weighted by molar-refractivity contribution is -0.123. The molecule has 0 spiro atoms. The van der Waals surface area contributed by atoms with Crippen LogP contribution in [0.15, 0.2) is 36.4 Å². The predicted molar refractivity (Wildman–Crippen MR) is 86.2 cm³/mol. The number of carbonyl (C=O) groups is 2. The van der Waals surface area contributed by atoms with Crippen molar-refractivity contribution in [3.05, 3.63) is 53.1 Å². The quantitative estimate of drug-likeness (QED) is 0.806. The number of anilines is 2. The highest BCUT2D eigenvalue weighted by molar-refractivity contribution is 6.31. The van der Waals surface area contributed by atoms with Gasteiger partial charge < -0.3 is 15.4 Å². The van der Waals surface area contributed by atoms with Crippen LogP contribution < -0.4 is 15.4 Å². The van der Waals surface area contributed by atoms with E-state index < -0.39 is 35.6 Å². The fourth-order valence-electron chi connectivity index (χ4n) is 1.92. The van der Waals surface area contributed by atoms with Crippen molar-refractivity contribution in [1.29, 1.82) is 0 Å². The van der Waals surface area contributed by atoms with Crippen molar-refractivity contribution in [2.45, 2.75) is 6.42 Å². The van der Waals surface area contributed by atoms with Crippen LogP contribution in [0.4, 0.5) is 20.2 Å². The monoisotopic (exact) mass is 354 g/mol. The summed E-state index contributed by atoms with van der Waals surface area (Å²) in [4.78, 5) is 23.7. The Hall–Kier alpha value is -2.67. The highest BCUT2D eigenvalue weighted by Gasteiger charge is 2.16. The van der Waals surface area contributed by atoms with E-state index in [9.17, 15) is 18.4 Å². The topological polar surface area (TPSA) is 67.4 Å². The van der Waals surface area contributed by atoms with Gasteiger partial charge in [0.05, 0.1) is 12.8 Å². The molecule has 24 heavy (non-hydrogen) atoms. The van der Waals surface area contributed by atoms with Crippen LogP contribution in [0.25, 0.3) is 0 Å². The molecule has 0 saturated carbocycles. The molecule has 0 atom stereocenters. The van der Waals surface area contributed by atoms with Gasteiger partial charge in [0.1, 0.15) is 29.5 Å². The van der Waals surface area contributed by atoms with E-state index in [-0.39, 0.29) is 5.69 Å². The van der Waals surface area contributed by atoms with Gasteiger partial charge in [0.2, 0.25) is 11.8 Å². The van der Waals surface area contributed by atoms with E-state index in [1.165, 1.54) is 19.2 Å².